The summed E-state index contributed by atoms with van der Waals surface area (Å²) in [6.07, 6.45) is 0.995. The van der Waals surface area contributed by atoms with Crippen molar-refractivity contribution in [2.75, 3.05) is 22.9 Å². The first-order valence-corrected chi connectivity index (χ1v) is 11.3. The zero-order chi connectivity index (χ0) is 23.1. The summed E-state index contributed by atoms with van der Waals surface area (Å²) in [5, 5.41) is 2.73. The van der Waals surface area contributed by atoms with Crippen molar-refractivity contribution >= 4 is 39.1 Å². The number of anilines is 2. The highest BCUT2D eigenvalue weighted by atomic mass is 32.2. The van der Waals surface area contributed by atoms with Gasteiger partial charge in [-0.1, -0.05) is 24.3 Å². The van der Waals surface area contributed by atoms with Gasteiger partial charge in [-0.3, -0.25) is 14.3 Å². The molecule has 32 heavy (non-hydrogen) atoms. The van der Waals surface area contributed by atoms with Crippen molar-refractivity contribution in [3.8, 4) is 0 Å². The summed E-state index contributed by atoms with van der Waals surface area (Å²) in [4.78, 5) is 36.7. The molecule has 3 rings (SSSR count). The van der Waals surface area contributed by atoms with Crippen molar-refractivity contribution in [1.82, 2.24) is 0 Å². The second-order valence-electron chi connectivity index (χ2n) is 6.85. The molecule has 0 atom stereocenters. The van der Waals surface area contributed by atoms with Crippen LogP contribution in [0.4, 0.5) is 11.4 Å². The monoisotopic (exact) mass is 452 g/mol. The zero-order valence-electron chi connectivity index (χ0n) is 17.1. The fourth-order valence-corrected chi connectivity index (χ4v) is 3.31. The summed E-state index contributed by atoms with van der Waals surface area (Å²) >= 11 is 0. The Balaban J connectivity index is 1.56. The number of esters is 1. The molecular formula is C23H20N2O6S. The van der Waals surface area contributed by atoms with Gasteiger partial charge >= 0.3 is 5.97 Å². The lowest BCUT2D eigenvalue weighted by atomic mass is 10.1. The maximum absolute atomic E-state index is 12.3. The Morgan fingerprint density at radius 1 is 0.781 bits per heavy atom. The van der Waals surface area contributed by atoms with E-state index < -0.39 is 28.4 Å². The fourth-order valence-electron chi connectivity index (χ4n) is 2.75. The molecule has 0 radical (unpaired) electrons. The number of Topliss-reactive ketones (excluding diaryl/α,β-unsaturated/α-hetero) is 1. The van der Waals surface area contributed by atoms with Gasteiger partial charge in [0.2, 0.25) is 10.0 Å². The molecule has 0 fully saturated rings. The average molecular weight is 452 g/mol. The van der Waals surface area contributed by atoms with E-state index in [1.165, 1.54) is 36.4 Å². The third kappa shape index (κ3) is 6.51. The lowest BCUT2D eigenvalue weighted by Gasteiger charge is -2.08. The van der Waals surface area contributed by atoms with Crippen molar-refractivity contribution < 1.29 is 27.5 Å². The first-order valence-electron chi connectivity index (χ1n) is 9.46. The third-order valence-electron chi connectivity index (χ3n) is 4.24. The summed E-state index contributed by atoms with van der Waals surface area (Å²) in [6.45, 7) is -0.488. The average Bonchev–Trinajstić information content (AvgIpc) is 2.77. The van der Waals surface area contributed by atoms with Crippen LogP contribution >= 0.6 is 0 Å². The highest BCUT2D eigenvalue weighted by Crippen LogP contribution is 2.15. The molecule has 0 saturated carbocycles. The summed E-state index contributed by atoms with van der Waals surface area (Å²) in [5.74, 6) is -1.46. The zero-order valence-corrected chi connectivity index (χ0v) is 17.9. The van der Waals surface area contributed by atoms with E-state index in [4.69, 9.17) is 4.74 Å². The smallest absolute Gasteiger partial charge is 0.338 e. The van der Waals surface area contributed by atoms with Crippen LogP contribution in [-0.2, 0) is 14.8 Å². The molecule has 164 valence electrons. The lowest BCUT2D eigenvalue weighted by molar-refractivity contribution is 0.0475. The Kier molecular flexibility index (Phi) is 7.01. The molecule has 3 aromatic carbocycles. The molecule has 3 aromatic rings. The second kappa shape index (κ2) is 9.88. The third-order valence-corrected chi connectivity index (χ3v) is 4.84. The number of benzene rings is 3. The number of ketones is 1. The van der Waals surface area contributed by atoms with Crippen LogP contribution in [0.2, 0.25) is 0 Å². The van der Waals surface area contributed by atoms with Crippen molar-refractivity contribution in [3.05, 3.63) is 95.6 Å². The summed E-state index contributed by atoms with van der Waals surface area (Å²) in [7, 11) is -3.49. The van der Waals surface area contributed by atoms with E-state index in [0.29, 0.717) is 16.8 Å². The molecule has 0 aliphatic carbocycles. The van der Waals surface area contributed by atoms with Crippen LogP contribution in [0.15, 0.2) is 78.9 Å². The highest BCUT2D eigenvalue weighted by Gasteiger charge is 2.14. The van der Waals surface area contributed by atoms with Crippen LogP contribution in [0.25, 0.3) is 0 Å². The first kappa shape index (κ1) is 22.7. The van der Waals surface area contributed by atoms with Gasteiger partial charge in [-0.25, -0.2) is 13.2 Å². The topological polar surface area (TPSA) is 119 Å². The number of carbonyl (C=O) groups is 3. The number of amides is 1. The molecule has 0 bridgehead atoms. The molecule has 0 heterocycles. The number of sulfonamides is 1. The molecule has 8 nitrogen and oxygen atoms in total. The van der Waals surface area contributed by atoms with Gasteiger partial charge < -0.3 is 10.1 Å². The number of hydrogen-bond donors (Lipinski definition) is 2. The van der Waals surface area contributed by atoms with Gasteiger partial charge in [0.25, 0.3) is 5.91 Å². The largest absolute Gasteiger partial charge is 0.454 e. The number of ether oxygens (including phenoxy) is 1. The van der Waals surface area contributed by atoms with E-state index in [2.05, 4.69) is 10.0 Å². The fraction of sp³-hybridized carbons (Fsp3) is 0.0870. The summed E-state index contributed by atoms with van der Waals surface area (Å²) in [6, 6.07) is 20.7. The molecule has 0 aromatic heterocycles. The minimum absolute atomic E-state index is 0.102. The minimum Gasteiger partial charge on any atom is -0.454 e. The van der Waals surface area contributed by atoms with Gasteiger partial charge in [0.05, 0.1) is 11.8 Å². The van der Waals surface area contributed by atoms with Crippen LogP contribution in [0.1, 0.15) is 31.1 Å². The van der Waals surface area contributed by atoms with E-state index in [1.807, 2.05) is 6.07 Å². The van der Waals surface area contributed by atoms with Crippen molar-refractivity contribution in [2.24, 2.45) is 0 Å². The molecule has 0 saturated heterocycles. The predicted octanol–water partition coefficient (Wildman–Crippen LogP) is 3.35. The van der Waals surface area contributed by atoms with E-state index in [0.717, 1.165) is 6.26 Å². The number of nitrogens with one attached hydrogen (secondary N) is 2. The van der Waals surface area contributed by atoms with Crippen molar-refractivity contribution in [3.63, 3.8) is 0 Å². The van der Waals surface area contributed by atoms with Gasteiger partial charge in [0.15, 0.2) is 12.4 Å². The van der Waals surface area contributed by atoms with Gasteiger partial charge in [-0.2, -0.15) is 0 Å². The molecule has 0 aliphatic rings. The molecule has 9 heteroatoms. The van der Waals surface area contributed by atoms with Crippen LogP contribution in [0, 0.1) is 0 Å². The van der Waals surface area contributed by atoms with Crippen LogP contribution < -0.4 is 10.0 Å². The molecule has 0 unspecified atom stereocenters. The van der Waals surface area contributed by atoms with E-state index in [-0.39, 0.29) is 17.2 Å². The Hall–Kier alpha value is -3.98. The van der Waals surface area contributed by atoms with E-state index in [1.54, 1.807) is 36.4 Å². The molecular weight excluding hydrogens is 432 g/mol. The SMILES string of the molecule is CS(=O)(=O)Nc1cccc(C(=O)OCC(=O)c2ccc(NC(=O)c3ccccc3)cc2)c1. The van der Waals surface area contributed by atoms with Gasteiger partial charge in [-0.15, -0.1) is 0 Å². The lowest BCUT2D eigenvalue weighted by Crippen LogP contribution is -2.15. The molecule has 0 spiro atoms. The van der Waals surface area contributed by atoms with Crippen LogP contribution in [0.3, 0.4) is 0 Å². The van der Waals surface area contributed by atoms with Gasteiger partial charge in [-0.05, 0) is 54.6 Å². The maximum Gasteiger partial charge on any atom is 0.338 e. The Morgan fingerprint density at radius 3 is 2.09 bits per heavy atom. The number of hydrogen-bond acceptors (Lipinski definition) is 6. The maximum atomic E-state index is 12.3. The van der Waals surface area contributed by atoms with Crippen LogP contribution in [0.5, 0.6) is 0 Å². The Morgan fingerprint density at radius 2 is 1.44 bits per heavy atom. The van der Waals surface area contributed by atoms with Crippen molar-refractivity contribution in [2.45, 2.75) is 0 Å². The predicted molar refractivity (Wildman–Crippen MR) is 120 cm³/mol. The van der Waals surface area contributed by atoms with Gasteiger partial charge in [0.1, 0.15) is 0 Å². The van der Waals surface area contributed by atoms with E-state index >= 15 is 0 Å². The summed E-state index contributed by atoms with van der Waals surface area (Å²) in [5.41, 5.74) is 1.65. The quantitative estimate of drug-likeness (QED) is 0.400. The molecule has 2 N–H and O–H groups in total. The Labute approximate surface area is 185 Å². The summed E-state index contributed by atoms with van der Waals surface area (Å²) < 4.78 is 29.9. The highest BCUT2D eigenvalue weighted by molar-refractivity contribution is 7.92. The molecule has 0 aliphatic heterocycles. The van der Waals surface area contributed by atoms with Crippen LogP contribution in [-0.4, -0.2) is 38.9 Å². The van der Waals surface area contributed by atoms with Crippen molar-refractivity contribution in [1.29, 1.82) is 0 Å². The Bertz CT molecular complexity index is 1240. The molecule has 1 amide bonds. The van der Waals surface area contributed by atoms with E-state index in [9.17, 15) is 22.8 Å². The second-order valence-corrected chi connectivity index (χ2v) is 8.60. The normalized spacial score (nSPS) is 10.8. The standard InChI is InChI=1S/C23H20N2O6S/c1-32(29,30)25-20-9-5-8-18(14-20)23(28)31-15-21(26)16-10-12-19(13-11-16)24-22(27)17-6-3-2-4-7-17/h2-14,25H,15H2,1H3,(H,24,27). The number of rotatable bonds is 8. The minimum atomic E-state index is -3.49. The first-order chi connectivity index (χ1) is 15.2. The number of carbonyl (C=O) groups excluding carboxylic acids is 3. The van der Waals surface area contributed by atoms with Gasteiger partial charge in [0, 0.05) is 22.5 Å².